The van der Waals surface area contributed by atoms with Crippen LogP contribution in [-0.4, -0.2) is 51.7 Å². The Morgan fingerprint density at radius 3 is 2.91 bits per heavy atom. The van der Waals surface area contributed by atoms with Crippen molar-refractivity contribution >= 4 is 51.6 Å². The number of halogens is 2. The number of nitrogens with zero attached hydrogens (tertiary/aromatic N) is 4. The van der Waals surface area contributed by atoms with E-state index in [0.717, 1.165) is 29.9 Å². The Labute approximate surface area is 205 Å². The van der Waals surface area contributed by atoms with Gasteiger partial charge in [-0.05, 0) is 48.7 Å². The number of hydrogen-bond acceptors (Lipinski definition) is 7. The summed E-state index contributed by atoms with van der Waals surface area (Å²) in [6, 6.07) is 8.75. The molecule has 1 aliphatic heterocycles. The zero-order valence-electron chi connectivity index (χ0n) is 18.0. The number of benzene rings is 2. The fourth-order valence-electron chi connectivity index (χ4n) is 4.22. The predicted molar refractivity (Wildman–Crippen MR) is 131 cm³/mol. The van der Waals surface area contributed by atoms with E-state index in [2.05, 4.69) is 20.5 Å². The number of nitrogen functional groups attached to an aromatic ring is 1. The Morgan fingerprint density at radius 2 is 2.12 bits per heavy atom. The number of rotatable bonds is 6. The average Bonchev–Trinajstić information content (AvgIpc) is 3.55. The highest BCUT2D eigenvalue weighted by Gasteiger charge is 2.28. The lowest BCUT2D eigenvalue weighted by Crippen LogP contribution is -2.37. The summed E-state index contributed by atoms with van der Waals surface area (Å²) >= 11 is 12.7. The summed E-state index contributed by atoms with van der Waals surface area (Å²) in [5.74, 6) is 0.0127. The fourth-order valence-corrected chi connectivity index (χ4v) is 4.72. The Hall–Kier alpha value is -3.27. The molecule has 1 unspecified atom stereocenters. The average molecular weight is 501 g/mol. The smallest absolute Gasteiger partial charge is 0.253 e. The van der Waals surface area contributed by atoms with Crippen LogP contribution in [0.4, 0.5) is 11.5 Å². The van der Waals surface area contributed by atoms with E-state index < -0.39 is 0 Å². The first-order valence-electron chi connectivity index (χ1n) is 10.8. The molecule has 0 saturated carbocycles. The van der Waals surface area contributed by atoms with Crippen molar-refractivity contribution in [3.05, 3.63) is 63.9 Å². The minimum Gasteiger partial charge on any atom is -0.396 e. The number of hydrogen-bond donors (Lipinski definition) is 3. The minimum atomic E-state index is -0.241. The van der Waals surface area contributed by atoms with Crippen molar-refractivity contribution in [1.82, 2.24) is 20.3 Å². The van der Waals surface area contributed by atoms with Gasteiger partial charge in [0.05, 0.1) is 38.6 Å². The predicted octanol–water partition coefficient (Wildman–Crippen LogP) is 3.45. The molecule has 1 saturated heterocycles. The number of aromatic nitrogens is 3. The van der Waals surface area contributed by atoms with Crippen LogP contribution in [0.1, 0.15) is 22.3 Å². The highest BCUT2D eigenvalue weighted by atomic mass is 35.5. The molecule has 1 fully saturated rings. The SMILES string of the molecule is Nc1noc2c(N3CCC(NC(=O)c4ccc(-n5cc(CCO)cn5)cc4Cl)C3)ccc(Cl)c12. The van der Waals surface area contributed by atoms with E-state index in [9.17, 15) is 4.79 Å². The molecule has 0 bridgehead atoms. The quantitative estimate of drug-likeness (QED) is 0.370. The van der Waals surface area contributed by atoms with Crippen molar-refractivity contribution in [3.8, 4) is 5.69 Å². The number of carbonyl (C=O) groups is 1. The molecule has 1 amide bonds. The second-order valence-electron chi connectivity index (χ2n) is 8.17. The molecule has 0 spiro atoms. The summed E-state index contributed by atoms with van der Waals surface area (Å²) in [6.07, 6.45) is 4.80. The number of nitrogens with two attached hydrogens (primary N) is 1. The van der Waals surface area contributed by atoms with Gasteiger partial charge in [-0.15, -0.1) is 0 Å². The standard InChI is InChI=1S/C23H22Cl2N6O3/c24-17-3-4-19(21-20(17)22(26)29-34-21)30-7-5-14(12-30)28-23(33)16-2-1-15(9-18(16)25)31-11-13(6-8-32)10-27-31/h1-4,9-11,14,32H,5-8,12H2,(H2,26,29)(H,28,33). The van der Waals surface area contributed by atoms with Gasteiger partial charge in [-0.2, -0.15) is 5.10 Å². The molecule has 9 nitrogen and oxygen atoms in total. The molecule has 5 rings (SSSR count). The topological polar surface area (TPSA) is 122 Å². The van der Waals surface area contributed by atoms with Crippen LogP contribution < -0.4 is 16.0 Å². The number of anilines is 2. The lowest BCUT2D eigenvalue weighted by Gasteiger charge is -2.19. The van der Waals surface area contributed by atoms with Gasteiger partial charge >= 0.3 is 0 Å². The van der Waals surface area contributed by atoms with Crippen molar-refractivity contribution in [2.24, 2.45) is 0 Å². The molecule has 0 radical (unpaired) electrons. The first-order valence-corrected chi connectivity index (χ1v) is 11.5. The second kappa shape index (κ2) is 9.17. The molecule has 2 aromatic heterocycles. The van der Waals surface area contributed by atoms with Gasteiger partial charge in [0.2, 0.25) is 0 Å². The van der Waals surface area contributed by atoms with Crippen molar-refractivity contribution < 1.29 is 14.4 Å². The third-order valence-electron chi connectivity index (χ3n) is 5.94. The zero-order chi connectivity index (χ0) is 23.8. The molecule has 34 heavy (non-hydrogen) atoms. The van der Waals surface area contributed by atoms with Crippen molar-refractivity contribution in [2.45, 2.75) is 18.9 Å². The Bertz CT molecular complexity index is 1370. The van der Waals surface area contributed by atoms with Crippen LogP contribution in [0.5, 0.6) is 0 Å². The summed E-state index contributed by atoms with van der Waals surface area (Å²) in [5, 5.41) is 21.7. The number of nitrogens with one attached hydrogen (secondary N) is 1. The molecule has 1 aliphatic rings. The molecule has 1 atom stereocenters. The Kier molecular flexibility index (Phi) is 6.07. The maximum absolute atomic E-state index is 12.9. The lowest BCUT2D eigenvalue weighted by atomic mass is 10.1. The fraction of sp³-hybridized carbons (Fsp3) is 0.261. The summed E-state index contributed by atoms with van der Waals surface area (Å²) in [7, 11) is 0. The lowest BCUT2D eigenvalue weighted by molar-refractivity contribution is 0.0940. The molecule has 11 heteroatoms. The second-order valence-corrected chi connectivity index (χ2v) is 8.99. The van der Waals surface area contributed by atoms with E-state index >= 15 is 0 Å². The normalized spacial score (nSPS) is 15.9. The van der Waals surface area contributed by atoms with Gasteiger partial charge in [0, 0.05) is 31.9 Å². The maximum Gasteiger partial charge on any atom is 0.253 e. The van der Waals surface area contributed by atoms with Crippen LogP contribution in [0, 0.1) is 0 Å². The summed E-state index contributed by atoms with van der Waals surface area (Å²) < 4.78 is 7.07. The molecular weight excluding hydrogens is 479 g/mol. The van der Waals surface area contributed by atoms with Crippen LogP contribution in [0.15, 0.2) is 47.2 Å². The van der Waals surface area contributed by atoms with E-state index in [1.165, 1.54) is 0 Å². The van der Waals surface area contributed by atoms with Crippen molar-refractivity contribution in [2.75, 3.05) is 30.3 Å². The van der Waals surface area contributed by atoms with Crippen LogP contribution in [0.2, 0.25) is 10.0 Å². The van der Waals surface area contributed by atoms with Crippen molar-refractivity contribution in [1.29, 1.82) is 0 Å². The summed E-state index contributed by atoms with van der Waals surface area (Å²) in [5.41, 5.74) is 9.30. The Balaban J connectivity index is 1.28. The van der Waals surface area contributed by atoms with Gasteiger partial charge in [0.15, 0.2) is 11.4 Å². The monoisotopic (exact) mass is 500 g/mol. The van der Waals surface area contributed by atoms with E-state index in [1.54, 1.807) is 35.1 Å². The minimum absolute atomic E-state index is 0.0551. The van der Waals surface area contributed by atoms with Gasteiger partial charge in [-0.1, -0.05) is 28.4 Å². The third-order valence-corrected chi connectivity index (χ3v) is 6.57. The van der Waals surface area contributed by atoms with Crippen LogP contribution in [0.3, 0.4) is 0 Å². The number of aliphatic hydroxyl groups excluding tert-OH is 1. The molecule has 2 aromatic carbocycles. The molecule has 4 N–H and O–H groups in total. The summed E-state index contributed by atoms with van der Waals surface area (Å²) in [6.45, 7) is 1.38. The van der Waals surface area contributed by atoms with Crippen LogP contribution >= 0.6 is 23.2 Å². The number of aliphatic hydroxyl groups is 1. The number of amides is 1. The van der Waals surface area contributed by atoms with Gasteiger partial charge < -0.3 is 25.6 Å². The van der Waals surface area contributed by atoms with Crippen molar-refractivity contribution in [3.63, 3.8) is 0 Å². The van der Waals surface area contributed by atoms with E-state index in [0.29, 0.717) is 39.5 Å². The molecule has 4 aromatic rings. The Morgan fingerprint density at radius 1 is 1.26 bits per heavy atom. The largest absolute Gasteiger partial charge is 0.396 e. The maximum atomic E-state index is 12.9. The van der Waals surface area contributed by atoms with Crippen LogP contribution in [0.25, 0.3) is 16.7 Å². The highest BCUT2D eigenvalue weighted by Crippen LogP contribution is 2.36. The molecule has 176 valence electrons. The van der Waals surface area contributed by atoms with Gasteiger partial charge in [-0.25, -0.2) is 4.68 Å². The third kappa shape index (κ3) is 4.18. The van der Waals surface area contributed by atoms with Crippen LogP contribution in [-0.2, 0) is 6.42 Å². The molecular formula is C23H22Cl2N6O3. The first-order chi connectivity index (χ1) is 16.4. The van der Waals surface area contributed by atoms with E-state index in [-0.39, 0.29) is 24.4 Å². The van der Waals surface area contributed by atoms with E-state index in [4.69, 9.17) is 38.6 Å². The van der Waals surface area contributed by atoms with Gasteiger partial charge in [0.25, 0.3) is 5.91 Å². The first kappa shape index (κ1) is 22.5. The molecule has 0 aliphatic carbocycles. The summed E-state index contributed by atoms with van der Waals surface area (Å²) in [4.78, 5) is 15.0. The number of fused-ring (bicyclic) bond motifs is 1. The van der Waals surface area contributed by atoms with Gasteiger partial charge in [0.1, 0.15) is 0 Å². The zero-order valence-corrected chi connectivity index (χ0v) is 19.6. The van der Waals surface area contributed by atoms with E-state index in [1.807, 2.05) is 12.3 Å². The molecule has 3 heterocycles. The number of carbonyl (C=O) groups excluding carboxylic acids is 1. The van der Waals surface area contributed by atoms with Gasteiger partial charge in [-0.3, -0.25) is 4.79 Å². The highest BCUT2D eigenvalue weighted by molar-refractivity contribution is 6.36.